The third kappa shape index (κ3) is 3.46. The molecular formula is C13H17FN4O2S. The maximum atomic E-state index is 13.1. The Morgan fingerprint density at radius 2 is 1.90 bits per heavy atom. The van der Waals surface area contributed by atoms with E-state index in [2.05, 4.69) is 9.71 Å². The fourth-order valence-corrected chi connectivity index (χ4v) is 2.58. The number of nitrogens with one attached hydrogen (secondary N) is 1. The third-order valence-corrected chi connectivity index (χ3v) is 4.56. The molecule has 1 N–H and O–H groups in total. The number of halogens is 1. The van der Waals surface area contributed by atoms with Gasteiger partial charge >= 0.3 is 0 Å². The molecule has 0 aliphatic carbocycles. The minimum Gasteiger partial charge on any atom is -0.336 e. The molecule has 1 aromatic carbocycles. The first-order chi connectivity index (χ1) is 9.81. The van der Waals surface area contributed by atoms with Gasteiger partial charge in [0.15, 0.2) is 0 Å². The minimum absolute atomic E-state index is 0.382. The number of benzene rings is 1. The van der Waals surface area contributed by atoms with E-state index in [1.165, 1.54) is 38.4 Å². The molecule has 0 aliphatic rings. The summed E-state index contributed by atoms with van der Waals surface area (Å²) in [7, 11) is 0.970. The van der Waals surface area contributed by atoms with Gasteiger partial charge in [0.25, 0.3) is 10.2 Å². The van der Waals surface area contributed by atoms with Crippen LogP contribution < -0.4 is 4.72 Å². The van der Waals surface area contributed by atoms with Crippen molar-refractivity contribution in [1.82, 2.24) is 18.6 Å². The molecular weight excluding hydrogens is 295 g/mol. The Hall–Kier alpha value is -1.77. The number of nitrogens with zero attached hydrogens (tertiary/aromatic N) is 3. The van der Waals surface area contributed by atoms with Gasteiger partial charge in [-0.05, 0) is 17.7 Å². The van der Waals surface area contributed by atoms with Crippen LogP contribution in [0.5, 0.6) is 0 Å². The van der Waals surface area contributed by atoms with Crippen molar-refractivity contribution >= 4 is 10.2 Å². The summed E-state index contributed by atoms with van der Waals surface area (Å²) in [5, 5.41) is 0. The molecule has 2 aromatic rings. The van der Waals surface area contributed by atoms with Crippen molar-refractivity contribution in [3.63, 3.8) is 0 Å². The van der Waals surface area contributed by atoms with Gasteiger partial charge in [0, 0.05) is 33.5 Å². The van der Waals surface area contributed by atoms with Crippen LogP contribution in [0.25, 0.3) is 0 Å². The molecule has 0 amide bonds. The van der Waals surface area contributed by atoms with Crippen molar-refractivity contribution in [3.05, 3.63) is 53.9 Å². The van der Waals surface area contributed by atoms with Gasteiger partial charge in [0.05, 0.1) is 0 Å². The normalized spacial score (nSPS) is 13.6. The molecule has 0 aliphatic heterocycles. The van der Waals surface area contributed by atoms with Gasteiger partial charge in [0.1, 0.15) is 17.7 Å². The molecule has 2 rings (SSSR count). The van der Waals surface area contributed by atoms with Gasteiger partial charge in [-0.25, -0.2) is 9.37 Å². The lowest BCUT2D eigenvalue weighted by molar-refractivity contribution is 0.493. The summed E-state index contributed by atoms with van der Waals surface area (Å²) >= 11 is 0. The van der Waals surface area contributed by atoms with Gasteiger partial charge < -0.3 is 4.57 Å². The first kappa shape index (κ1) is 15.6. The average molecular weight is 312 g/mol. The molecule has 6 nitrogen and oxygen atoms in total. The fraction of sp³-hybridized carbons (Fsp3) is 0.308. The maximum absolute atomic E-state index is 13.1. The molecule has 1 unspecified atom stereocenters. The number of rotatable bonds is 5. The highest BCUT2D eigenvalue weighted by Crippen LogP contribution is 2.22. The zero-order valence-corrected chi connectivity index (χ0v) is 12.8. The molecule has 0 spiro atoms. The molecule has 0 bridgehead atoms. The van der Waals surface area contributed by atoms with Crippen LogP contribution in [0.1, 0.15) is 17.4 Å². The summed E-state index contributed by atoms with van der Waals surface area (Å²) in [4.78, 5) is 4.18. The quantitative estimate of drug-likeness (QED) is 0.897. The van der Waals surface area contributed by atoms with Crippen molar-refractivity contribution in [2.45, 2.75) is 6.04 Å². The summed E-state index contributed by atoms with van der Waals surface area (Å²) in [5.74, 6) is 0.139. The van der Waals surface area contributed by atoms with Crippen molar-refractivity contribution in [1.29, 1.82) is 0 Å². The maximum Gasteiger partial charge on any atom is 0.279 e. The van der Waals surface area contributed by atoms with Gasteiger partial charge in [-0.3, -0.25) is 0 Å². The summed E-state index contributed by atoms with van der Waals surface area (Å²) in [6, 6.07) is 4.95. The molecule has 1 aromatic heterocycles. The van der Waals surface area contributed by atoms with Crippen molar-refractivity contribution in [2.24, 2.45) is 7.05 Å². The van der Waals surface area contributed by atoms with E-state index in [0.29, 0.717) is 11.4 Å². The molecule has 114 valence electrons. The smallest absolute Gasteiger partial charge is 0.279 e. The van der Waals surface area contributed by atoms with E-state index in [-0.39, 0.29) is 5.82 Å². The summed E-state index contributed by atoms with van der Waals surface area (Å²) in [6.07, 6.45) is 3.30. The predicted molar refractivity (Wildman–Crippen MR) is 77.2 cm³/mol. The van der Waals surface area contributed by atoms with Gasteiger partial charge in [-0.15, -0.1) is 0 Å². The lowest BCUT2D eigenvalue weighted by atomic mass is 10.1. The first-order valence-corrected chi connectivity index (χ1v) is 7.68. The standard InChI is InChI=1S/C13H17FN4O2S/c1-17(2)21(19,20)16-12(13-15-8-9-18(13)3)10-4-6-11(14)7-5-10/h4-9,12,16H,1-3H3. The van der Waals surface area contributed by atoms with E-state index < -0.39 is 16.3 Å². The van der Waals surface area contributed by atoms with E-state index >= 15 is 0 Å². The zero-order chi connectivity index (χ0) is 15.6. The number of hydrogen-bond acceptors (Lipinski definition) is 3. The van der Waals surface area contributed by atoms with Gasteiger partial charge in [0.2, 0.25) is 0 Å². The molecule has 0 saturated heterocycles. The second-order valence-corrected chi connectivity index (χ2v) is 6.70. The Bertz CT molecular complexity index is 710. The fourth-order valence-electron chi connectivity index (χ4n) is 1.83. The predicted octanol–water partition coefficient (Wildman–Crippen LogP) is 1.04. The highest BCUT2D eigenvalue weighted by Gasteiger charge is 2.25. The zero-order valence-electron chi connectivity index (χ0n) is 12.0. The van der Waals surface area contributed by atoms with Crippen molar-refractivity contribution in [3.8, 4) is 0 Å². The molecule has 0 fully saturated rings. The number of imidazole rings is 1. The van der Waals surface area contributed by atoms with Crippen LogP contribution in [0.4, 0.5) is 4.39 Å². The van der Waals surface area contributed by atoms with Gasteiger partial charge in [-0.2, -0.15) is 17.4 Å². The van der Waals surface area contributed by atoms with E-state index in [4.69, 9.17) is 0 Å². The van der Waals surface area contributed by atoms with Crippen molar-refractivity contribution < 1.29 is 12.8 Å². The number of hydrogen-bond donors (Lipinski definition) is 1. The van der Waals surface area contributed by atoms with E-state index in [1.54, 1.807) is 24.0 Å². The van der Waals surface area contributed by atoms with Crippen LogP contribution in [0.15, 0.2) is 36.7 Å². The average Bonchev–Trinajstić information content (AvgIpc) is 2.83. The molecule has 1 atom stereocenters. The highest BCUT2D eigenvalue weighted by atomic mass is 32.2. The second kappa shape index (κ2) is 5.92. The Morgan fingerprint density at radius 1 is 1.29 bits per heavy atom. The van der Waals surface area contributed by atoms with Crippen LogP contribution >= 0.6 is 0 Å². The van der Waals surface area contributed by atoms with E-state index in [9.17, 15) is 12.8 Å². The molecule has 0 saturated carbocycles. The molecule has 21 heavy (non-hydrogen) atoms. The van der Waals surface area contributed by atoms with Crippen molar-refractivity contribution in [2.75, 3.05) is 14.1 Å². The Morgan fingerprint density at radius 3 is 2.38 bits per heavy atom. The van der Waals surface area contributed by atoms with Crippen LogP contribution in [0.2, 0.25) is 0 Å². The van der Waals surface area contributed by atoms with Crippen LogP contribution in [0.3, 0.4) is 0 Å². The van der Waals surface area contributed by atoms with Crippen LogP contribution in [0, 0.1) is 5.82 Å². The highest BCUT2D eigenvalue weighted by molar-refractivity contribution is 7.87. The van der Waals surface area contributed by atoms with E-state index in [1.807, 2.05) is 0 Å². The Kier molecular flexibility index (Phi) is 4.40. The molecule has 1 heterocycles. The molecule has 8 heteroatoms. The lowest BCUT2D eigenvalue weighted by Crippen LogP contribution is -2.39. The summed E-state index contributed by atoms with van der Waals surface area (Å²) < 4.78 is 42.6. The van der Waals surface area contributed by atoms with Crippen LogP contribution in [-0.2, 0) is 17.3 Å². The summed E-state index contributed by atoms with van der Waals surface area (Å²) in [5.41, 5.74) is 0.608. The number of aryl methyl sites for hydroxylation is 1. The third-order valence-electron chi connectivity index (χ3n) is 3.07. The largest absolute Gasteiger partial charge is 0.336 e. The lowest BCUT2D eigenvalue weighted by Gasteiger charge is -2.21. The first-order valence-electron chi connectivity index (χ1n) is 6.23. The van der Waals surface area contributed by atoms with Crippen LogP contribution in [-0.4, -0.2) is 36.4 Å². The monoisotopic (exact) mass is 312 g/mol. The SMILES string of the molecule is CN(C)S(=O)(=O)NC(c1ccc(F)cc1)c1nccn1C. The minimum atomic E-state index is -3.66. The topological polar surface area (TPSA) is 67.2 Å². The Balaban J connectivity index is 2.45. The summed E-state index contributed by atoms with van der Waals surface area (Å²) in [6.45, 7) is 0. The second-order valence-electron chi connectivity index (χ2n) is 4.79. The number of aromatic nitrogens is 2. The van der Waals surface area contributed by atoms with Gasteiger partial charge in [-0.1, -0.05) is 12.1 Å². The Labute approximate surface area is 123 Å². The van der Waals surface area contributed by atoms with E-state index in [0.717, 1.165) is 4.31 Å². The molecule has 0 radical (unpaired) electrons.